The standard InChI is InChI=1S/C56H67ClN10O6/c1-36-29-47(61-56-59-31-45(57)52(63-56)60-46-13-6-5-11-43(46)53(69)58-2)50(72-4)30-40(36)23-24-64(3)41-10-7-9-37(19-20-41)32-65-25-27-66(28-26-65)33-38-15-17-39(18-16-38)35-73-49-14-8-12-42-44(49)34-67(55(42)71)48-21-22-51(68)62-54(48)70/h5-6,8,11-18,29-31,37,41,48H,7,9-10,19-28,32-35H2,1-4H3,(H,58,69)(H,62,68,70)(H2,59,60,61,63)/t37?,41?,48-/m1/s1. The molecule has 3 fully saturated rings. The number of anilines is 4. The number of methoxy groups -OCH3 is 1. The van der Waals surface area contributed by atoms with Crippen molar-refractivity contribution in [3.05, 3.63) is 129 Å². The number of hydrogen-bond acceptors (Lipinski definition) is 13. The highest BCUT2D eigenvalue weighted by Crippen LogP contribution is 2.36. The van der Waals surface area contributed by atoms with Gasteiger partial charge in [-0.15, -0.1) is 0 Å². The number of rotatable bonds is 18. The molecule has 1 aromatic heterocycles. The maximum atomic E-state index is 13.2. The summed E-state index contributed by atoms with van der Waals surface area (Å²) >= 11 is 6.50. The van der Waals surface area contributed by atoms with Crippen LogP contribution in [0.5, 0.6) is 11.5 Å². The summed E-state index contributed by atoms with van der Waals surface area (Å²) in [7, 11) is 5.55. The van der Waals surface area contributed by atoms with Crippen LogP contribution in [-0.2, 0) is 35.7 Å². The normalized spacial score (nSPS) is 19.6. The van der Waals surface area contributed by atoms with Gasteiger partial charge in [-0.25, -0.2) is 4.98 Å². The number of aromatic nitrogens is 2. The Morgan fingerprint density at radius 2 is 1.66 bits per heavy atom. The van der Waals surface area contributed by atoms with Gasteiger partial charge in [-0.3, -0.25) is 29.4 Å². The Morgan fingerprint density at radius 3 is 2.44 bits per heavy atom. The van der Waals surface area contributed by atoms with E-state index in [1.54, 1.807) is 43.3 Å². The van der Waals surface area contributed by atoms with Crippen LogP contribution in [0, 0.1) is 12.8 Å². The zero-order chi connectivity index (χ0) is 51.0. The minimum atomic E-state index is -0.657. The summed E-state index contributed by atoms with van der Waals surface area (Å²) in [6.45, 7) is 10.1. The molecule has 4 aliphatic rings. The Hall–Kier alpha value is -6.59. The second kappa shape index (κ2) is 23.5. The highest BCUT2D eigenvalue weighted by Gasteiger charge is 2.40. The number of nitrogens with zero attached hydrogens (tertiary/aromatic N) is 6. The van der Waals surface area contributed by atoms with E-state index in [-0.39, 0.29) is 30.7 Å². The number of imide groups is 1. The molecule has 16 nitrogen and oxygen atoms in total. The largest absolute Gasteiger partial charge is 0.495 e. The van der Waals surface area contributed by atoms with E-state index in [4.69, 9.17) is 21.1 Å². The third kappa shape index (κ3) is 12.4. The van der Waals surface area contributed by atoms with Gasteiger partial charge < -0.3 is 40.1 Å². The molecule has 2 saturated heterocycles. The van der Waals surface area contributed by atoms with Gasteiger partial charge >= 0.3 is 0 Å². The van der Waals surface area contributed by atoms with Crippen molar-refractivity contribution < 1.29 is 28.7 Å². The number of piperidine rings is 1. The number of halogens is 1. The lowest BCUT2D eigenvalue weighted by Gasteiger charge is -2.36. The summed E-state index contributed by atoms with van der Waals surface area (Å²) in [5.74, 6) is 1.64. The number of ether oxygens (including phenoxy) is 2. The molecular formula is C56H67ClN10O6. The van der Waals surface area contributed by atoms with E-state index in [2.05, 4.69) is 96.3 Å². The van der Waals surface area contributed by atoms with Crippen molar-refractivity contribution in [2.24, 2.45) is 5.92 Å². The number of piperazine rings is 1. The number of fused-ring (bicyclic) bond motifs is 1. The summed E-state index contributed by atoms with van der Waals surface area (Å²) in [6.07, 6.45) is 9.24. The molecule has 4 aromatic carbocycles. The Balaban J connectivity index is 0.696. The third-order valence-electron chi connectivity index (χ3n) is 15.1. The zero-order valence-electron chi connectivity index (χ0n) is 42.3. The van der Waals surface area contributed by atoms with E-state index >= 15 is 0 Å². The molecule has 2 unspecified atom stereocenters. The number of likely N-dealkylation sites (N-methyl/N-ethyl adjacent to an activating group) is 1. The summed E-state index contributed by atoms with van der Waals surface area (Å²) < 4.78 is 12.1. The van der Waals surface area contributed by atoms with E-state index in [0.29, 0.717) is 64.2 Å². The maximum absolute atomic E-state index is 13.2. The topological polar surface area (TPSA) is 174 Å². The number of amides is 4. The van der Waals surface area contributed by atoms with Gasteiger partial charge in [-0.05, 0) is 117 Å². The molecule has 0 spiro atoms. The van der Waals surface area contributed by atoms with E-state index in [1.165, 1.54) is 56.0 Å². The van der Waals surface area contributed by atoms with E-state index in [0.717, 1.165) is 74.0 Å². The molecule has 5 aromatic rings. The number of benzene rings is 4. The molecule has 384 valence electrons. The Kier molecular flexibility index (Phi) is 16.5. The van der Waals surface area contributed by atoms with E-state index in [9.17, 15) is 19.2 Å². The predicted octanol–water partition coefficient (Wildman–Crippen LogP) is 7.87. The van der Waals surface area contributed by atoms with Gasteiger partial charge in [0.2, 0.25) is 17.8 Å². The maximum Gasteiger partial charge on any atom is 0.255 e. The predicted molar refractivity (Wildman–Crippen MR) is 283 cm³/mol. The fraction of sp³-hybridized carbons (Fsp3) is 0.429. The minimum absolute atomic E-state index is 0.204. The summed E-state index contributed by atoms with van der Waals surface area (Å²) in [6, 6.07) is 25.4. The lowest BCUT2D eigenvalue weighted by Crippen LogP contribution is -2.52. The van der Waals surface area contributed by atoms with Crippen LogP contribution in [0.3, 0.4) is 0 Å². The summed E-state index contributed by atoms with van der Waals surface area (Å²) in [5, 5.41) is 11.9. The van der Waals surface area contributed by atoms with Crippen LogP contribution in [0.2, 0.25) is 5.02 Å². The molecule has 4 N–H and O–H groups in total. The number of carbonyl (C=O) groups excluding carboxylic acids is 4. The molecular weight excluding hydrogens is 944 g/mol. The Bertz CT molecular complexity index is 2800. The summed E-state index contributed by atoms with van der Waals surface area (Å²) in [5.41, 5.74) is 7.85. The number of aryl methyl sites for hydroxylation is 1. The van der Waals surface area contributed by atoms with Crippen molar-refractivity contribution in [2.75, 3.05) is 71.1 Å². The lowest BCUT2D eigenvalue weighted by atomic mass is 9.99. The molecule has 0 bridgehead atoms. The van der Waals surface area contributed by atoms with Gasteiger partial charge in [0.25, 0.3) is 11.8 Å². The van der Waals surface area contributed by atoms with Gasteiger partial charge in [-0.1, -0.05) is 60.5 Å². The van der Waals surface area contributed by atoms with Crippen LogP contribution >= 0.6 is 11.6 Å². The fourth-order valence-corrected chi connectivity index (χ4v) is 10.9. The first-order valence-electron chi connectivity index (χ1n) is 25.6. The van der Waals surface area contributed by atoms with Crippen LogP contribution in [0.25, 0.3) is 0 Å². The molecule has 0 radical (unpaired) electrons. The smallest absolute Gasteiger partial charge is 0.255 e. The van der Waals surface area contributed by atoms with Crippen LogP contribution in [0.15, 0.2) is 85.1 Å². The van der Waals surface area contributed by atoms with Crippen LogP contribution in [0.4, 0.5) is 23.1 Å². The highest BCUT2D eigenvalue weighted by molar-refractivity contribution is 6.33. The summed E-state index contributed by atoms with van der Waals surface area (Å²) in [4.78, 5) is 68.4. The molecule has 4 amide bonds. The average molecular weight is 1010 g/mol. The number of para-hydroxylation sites is 1. The second-order valence-electron chi connectivity index (χ2n) is 19.9. The van der Waals surface area contributed by atoms with Gasteiger partial charge in [0.15, 0.2) is 5.82 Å². The zero-order valence-corrected chi connectivity index (χ0v) is 43.1. The number of hydrogen-bond donors (Lipinski definition) is 4. The van der Waals surface area contributed by atoms with Crippen LogP contribution in [0.1, 0.15) is 93.5 Å². The van der Waals surface area contributed by atoms with Crippen molar-refractivity contribution in [1.82, 2.24) is 40.2 Å². The Morgan fingerprint density at radius 1 is 0.877 bits per heavy atom. The van der Waals surface area contributed by atoms with Crippen molar-refractivity contribution in [3.63, 3.8) is 0 Å². The molecule has 17 heteroatoms. The van der Waals surface area contributed by atoms with Gasteiger partial charge in [-0.2, -0.15) is 4.98 Å². The SMILES string of the molecule is CNC(=O)c1ccccc1Nc1nc(Nc2cc(C)c(CCN(C)C3CCCC(CN4CCN(Cc5ccc(COc6cccc7c6CN([C@@H]6CCC(=O)NC6=O)C7=O)cc5)CC4)CC3)cc2OC)ncc1Cl. The van der Waals surface area contributed by atoms with E-state index < -0.39 is 11.9 Å². The molecule has 1 aliphatic carbocycles. The van der Waals surface area contributed by atoms with Crippen molar-refractivity contribution in [2.45, 2.75) is 90.1 Å². The van der Waals surface area contributed by atoms with Crippen LogP contribution < -0.4 is 30.7 Å². The molecule has 3 atom stereocenters. The number of carbonyl (C=O) groups is 4. The average Bonchev–Trinajstić information content (AvgIpc) is 3.55. The monoisotopic (exact) mass is 1010 g/mol. The molecule has 3 aliphatic heterocycles. The quantitative estimate of drug-likeness (QED) is 0.0494. The molecule has 1 saturated carbocycles. The molecule has 9 rings (SSSR count). The Labute approximate surface area is 433 Å². The fourth-order valence-electron chi connectivity index (χ4n) is 10.8. The molecule has 73 heavy (non-hydrogen) atoms. The van der Waals surface area contributed by atoms with Gasteiger partial charge in [0.1, 0.15) is 29.2 Å². The van der Waals surface area contributed by atoms with E-state index in [1.807, 2.05) is 18.2 Å². The molecule has 4 heterocycles. The van der Waals surface area contributed by atoms with Crippen LogP contribution in [-0.4, -0.2) is 126 Å². The second-order valence-corrected chi connectivity index (χ2v) is 20.3. The first-order valence-corrected chi connectivity index (χ1v) is 26.0. The van der Waals surface area contributed by atoms with Gasteiger partial charge in [0, 0.05) is 76.5 Å². The first kappa shape index (κ1) is 51.3. The third-order valence-corrected chi connectivity index (χ3v) is 15.3. The highest BCUT2D eigenvalue weighted by atomic mass is 35.5. The van der Waals surface area contributed by atoms with Crippen molar-refractivity contribution in [1.29, 1.82) is 0 Å². The number of nitrogens with one attached hydrogen (secondary N) is 4. The van der Waals surface area contributed by atoms with Crippen molar-refractivity contribution in [3.8, 4) is 11.5 Å². The lowest BCUT2D eigenvalue weighted by molar-refractivity contribution is -0.136. The van der Waals surface area contributed by atoms with Gasteiger partial charge in [0.05, 0.1) is 36.8 Å². The minimum Gasteiger partial charge on any atom is -0.495 e. The van der Waals surface area contributed by atoms with Crippen molar-refractivity contribution >= 4 is 58.4 Å². The first-order chi connectivity index (χ1) is 35.4.